The number of ether oxygens (including phenoxy) is 1. The van der Waals surface area contributed by atoms with Gasteiger partial charge >= 0.3 is 0 Å². The molecule has 0 aliphatic rings. The molecule has 2 aromatic carbocycles. The zero-order valence-electron chi connectivity index (χ0n) is 13.2. The van der Waals surface area contributed by atoms with Crippen LogP contribution in [0.15, 0.2) is 48.5 Å². The molecule has 3 aromatic rings. The zero-order valence-corrected chi connectivity index (χ0v) is 13.2. The van der Waals surface area contributed by atoms with Crippen molar-refractivity contribution in [3.63, 3.8) is 0 Å². The third-order valence-electron chi connectivity index (χ3n) is 3.91. The van der Waals surface area contributed by atoms with E-state index in [0.717, 1.165) is 28.6 Å². The average molecular weight is 309 g/mol. The largest absolute Gasteiger partial charge is 0.496 e. The molecule has 0 radical (unpaired) electrons. The summed E-state index contributed by atoms with van der Waals surface area (Å²) in [5.41, 5.74) is 2.22. The van der Waals surface area contributed by atoms with Crippen LogP contribution in [0.3, 0.4) is 0 Å². The number of hydrogen-bond acceptors (Lipinski definition) is 3. The Morgan fingerprint density at radius 1 is 1.22 bits per heavy atom. The number of amides is 1. The van der Waals surface area contributed by atoms with Gasteiger partial charge in [0.15, 0.2) is 5.69 Å². The zero-order chi connectivity index (χ0) is 16.2. The topological polar surface area (TPSA) is 67.0 Å². The molecule has 0 aliphatic carbocycles. The highest BCUT2D eigenvalue weighted by Crippen LogP contribution is 2.27. The number of rotatable bonds is 5. The predicted molar refractivity (Wildman–Crippen MR) is 89.6 cm³/mol. The number of methoxy groups -OCH3 is 1. The lowest BCUT2D eigenvalue weighted by Crippen LogP contribution is -2.28. The minimum Gasteiger partial charge on any atom is -0.496 e. The Morgan fingerprint density at radius 2 is 1.96 bits per heavy atom. The minimum absolute atomic E-state index is 0.130. The summed E-state index contributed by atoms with van der Waals surface area (Å²) in [6.45, 7) is 2.03. The molecule has 0 aliphatic heterocycles. The Kier molecular flexibility index (Phi) is 4.28. The van der Waals surface area contributed by atoms with Gasteiger partial charge in [0, 0.05) is 10.9 Å². The van der Waals surface area contributed by atoms with Gasteiger partial charge in [-0.05, 0) is 18.6 Å². The van der Waals surface area contributed by atoms with Crippen LogP contribution in [0.5, 0.6) is 5.75 Å². The molecule has 5 heteroatoms. The van der Waals surface area contributed by atoms with E-state index in [2.05, 4.69) is 15.5 Å². The molecule has 23 heavy (non-hydrogen) atoms. The molecule has 1 atom stereocenters. The summed E-state index contributed by atoms with van der Waals surface area (Å²) >= 11 is 0. The second kappa shape index (κ2) is 6.52. The van der Waals surface area contributed by atoms with Crippen molar-refractivity contribution in [3.05, 3.63) is 59.8 Å². The van der Waals surface area contributed by atoms with Gasteiger partial charge in [0.25, 0.3) is 5.91 Å². The van der Waals surface area contributed by atoms with Crippen LogP contribution in [0, 0.1) is 0 Å². The number of H-pyrrole nitrogens is 1. The highest BCUT2D eigenvalue weighted by atomic mass is 16.5. The number of aromatic nitrogens is 2. The van der Waals surface area contributed by atoms with Crippen molar-refractivity contribution in [2.24, 2.45) is 0 Å². The van der Waals surface area contributed by atoms with Crippen LogP contribution >= 0.6 is 0 Å². The molecular weight excluding hydrogens is 290 g/mol. The van der Waals surface area contributed by atoms with Crippen molar-refractivity contribution < 1.29 is 9.53 Å². The first-order valence-electron chi connectivity index (χ1n) is 7.61. The van der Waals surface area contributed by atoms with E-state index < -0.39 is 0 Å². The number of carbonyl (C=O) groups is 1. The SMILES string of the molecule is CC[C@H](NC(=O)c1n[nH]c2ccccc12)c1ccccc1OC. The van der Waals surface area contributed by atoms with Gasteiger partial charge in [0.05, 0.1) is 18.7 Å². The summed E-state index contributed by atoms with van der Waals surface area (Å²) in [4.78, 5) is 12.6. The Hall–Kier alpha value is -2.82. The van der Waals surface area contributed by atoms with Crippen molar-refractivity contribution in [2.45, 2.75) is 19.4 Å². The number of nitrogens with one attached hydrogen (secondary N) is 2. The van der Waals surface area contributed by atoms with E-state index in [9.17, 15) is 4.79 Å². The first-order chi connectivity index (χ1) is 11.2. The molecule has 0 saturated heterocycles. The molecule has 3 rings (SSSR count). The second-order valence-corrected chi connectivity index (χ2v) is 5.29. The second-order valence-electron chi connectivity index (χ2n) is 5.29. The third kappa shape index (κ3) is 2.90. The Bertz CT molecular complexity index is 826. The van der Waals surface area contributed by atoms with Gasteiger partial charge < -0.3 is 10.1 Å². The first kappa shape index (κ1) is 15.1. The van der Waals surface area contributed by atoms with E-state index in [1.807, 2.05) is 55.5 Å². The summed E-state index contributed by atoms with van der Waals surface area (Å²) < 4.78 is 5.40. The van der Waals surface area contributed by atoms with Gasteiger partial charge in [0.2, 0.25) is 0 Å². The fourth-order valence-corrected chi connectivity index (χ4v) is 2.72. The Morgan fingerprint density at radius 3 is 2.74 bits per heavy atom. The Labute approximate surface area is 134 Å². The first-order valence-corrected chi connectivity index (χ1v) is 7.61. The van der Waals surface area contributed by atoms with E-state index in [1.54, 1.807) is 7.11 Å². The van der Waals surface area contributed by atoms with Gasteiger partial charge in [-0.25, -0.2) is 0 Å². The van der Waals surface area contributed by atoms with E-state index in [-0.39, 0.29) is 11.9 Å². The van der Waals surface area contributed by atoms with E-state index in [1.165, 1.54) is 0 Å². The standard InChI is InChI=1S/C18H19N3O2/c1-3-14(12-8-5-7-11-16(12)23-2)19-18(22)17-13-9-4-6-10-15(13)20-21-17/h4-11,14H,3H2,1-2H3,(H,19,22)(H,20,21)/t14-/m0/s1. The third-order valence-corrected chi connectivity index (χ3v) is 3.91. The molecule has 0 fully saturated rings. The lowest BCUT2D eigenvalue weighted by molar-refractivity contribution is 0.0931. The van der Waals surface area contributed by atoms with Gasteiger partial charge in [-0.1, -0.05) is 43.3 Å². The number of carbonyl (C=O) groups excluding carboxylic acids is 1. The molecule has 2 N–H and O–H groups in total. The molecule has 0 bridgehead atoms. The molecule has 0 spiro atoms. The van der Waals surface area contributed by atoms with Crippen LogP contribution in [0.1, 0.15) is 35.4 Å². The highest BCUT2D eigenvalue weighted by Gasteiger charge is 2.20. The number of benzene rings is 2. The molecule has 1 heterocycles. The summed E-state index contributed by atoms with van der Waals surface area (Å²) in [6.07, 6.45) is 0.758. The van der Waals surface area contributed by atoms with Crippen LogP contribution in [-0.4, -0.2) is 23.2 Å². The van der Waals surface area contributed by atoms with E-state index in [0.29, 0.717) is 5.69 Å². The number of nitrogens with zero attached hydrogens (tertiary/aromatic N) is 1. The molecule has 1 aromatic heterocycles. The van der Waals surface area contributed by atoms with Gasteiger partial charge in [0.1, 0.15) is 5.75 Å². The Balaban J connectivity index is 1.88. The van der Waals surface area contributed by atoms with Crippen LogP contribution in [0.2, 0.25) is 0 Å². The quantitative estimate of drug-likeness (QED) is 0.758. The number of hydrogen-bond donors (Lipinski definition) is 2. The molecule has 5 nitrogen and oxygen atoms in total. The van der Waals surface area contributed by atoms with Gasteiger partial charge in [-0.2, -0.15) is 5.10 Å². The number of aromatic amines is 1. The van der Waals surface area contributed by atoms with Crippen molar-refractivity contribution in [3.8, 4) is 5.75 Å². The monoisotopic (exact) mass is 309 g/mol. The maximum Gasteiger partial charge on any atom is 0.272 e. The summed E-state index contributed by atoms with van der Waals surface area (Å²) in [7, 11) is 1.63. The fraction of sp³-hybridized carbons (Fsp3) is 0.222. The fourth-order valence-electron chi connectivity index (χ4n) is 2.72. The summed E-state index contributed by atoms with van der Waals surface area (Å²) in [6, 6.07) is 15.2. The van der Waals surface area contributed by atoms with E-state index in [4.69, 9.17) is 4.74 Å². The number of fused-ring (bicyclic) bond motifs is 1. The van der Waals surface area contributed by atoms with Crippen molar-refractivity contribution in [2.75, 3.05) is 7.11 Å². The van der Waals surface area contributed by atoms with Gasteiger partial charge in [-0.3, -0.25) is 9.89 Å². The van der Waals surface area contributed by atoms with Crippen molar-refractivity contribution in [1.82, 2.24) is 15.5 Å². The predicted octanol–water partition coefficient (Wildman–Crippen LogP) is 3.45. The van der Waals surface area contributed by atoms with Crippen LogP contribution in [0.25, 0.3) is 10.9 Å². The maximum atomic E-state index is 12.6. The highest BCUT2D eigenvalue weighted by molar-refractivity contribution is 6.04. The molecule has 1 amide bonds. The van der Waals surface area contributed by atoms with Crippen molar-refractivity contribution in [1.29, 1.82) is 0 Å². The van der Waals surface area contributed by atoms with Crippen LogP contribution in [-0.2, 0) is 0 Å². The smallest absolute Gasteiger partial charge is 0.272 e. The summed E-state index contributed by atoms with van der Waals surface area (Å²) in [5.74, 6) is 0.576. The van der Waals surface area contributed by atoms with Crippen LogP contribution in [0.4, 0.5) is 0 Å². The lowest BCUT2D eigenvalue weighted by Gasteiger charge is -2.19. The molecule has 0 saturated carbocycles. The molecule has 118 valence electrons. The summed E-state index contributed by atoms with van der Waals surface area (Å²) in [5, 5.41) is 10.9. The van der Waals surface area contributed by atoms with Crippen LogP contribution < -0.4 is 10.1 Å². The number of para-hydroxylation sites is 2. The average Bonchev–Trinajstić information content (AvgIpc) is 3.03. The lowest BCUT2D eigenvalue weighted by atomic mass is 10.0. The van der Waals surface area contributed by atoms with Gasteiger partial charge in [-0.15, -0.1) is 0 Å². The van der Waals surface area contributed by atoms with Crippen molar-refractivity contribution >= 4 is 16.8 Å². The molecule has 0 unspecified atom stereocenters. The maximum absolute atomic E-state index is 12.6. The van der Waals surface area contributed by atoms with E-state index >= 15 is 0 Å². The minimum atomic E-state index is -0.194. The molecular formula is C18H19N3O2. The normalized spacial score (nSPS) is 12.1.